The zero-order valence-corrected chi connectivity index (χ0v) is 8.17. The Balaban J connectivity index is 2.40. The number of hydrogen-bond donors (Lipinski definition) is 0. The van der Waals surface area contributed by atoms with Crippen LogP contribution in [0.4, 0.5) is 0 Å². The molecule has 0 radical (unpaired) electrons. The molecule has 0 saturated carbocycles. The molecule has 0 bridgehead atoms. The van der Waals surface area contributed by atoms with Gasteiger partial charge in [-0.05, 0) is 14.0 Å². The number of rotatable bonds is 2. The molecule has 1 aliphatic heterocycles. The lowest BCUT2D eigenvalue weighted by Gasteiger charge is -2.28. The van der Waals surface area contributed by atoms with Crippen molar-refractivity contribution in [1.29, 1.82) is 0 Å². The Labute approximate surface area is 79.1 Å². The fourth-order valence-electron chi connectivity index (χ4n) is 1.26. The molecule has 1 saturated heterocycles. The summed E-state index contributed by atoms with van der Waals surface area (Å²) in [4.78, 5) is 13.6. The summed E-state index contributed by atoms with van der Waals surface area (Å²) in [5, 5.41) is 0. The number of ketones is 1. The minimum atomic E-state index is -0.264. The van der Waals surface area contributed by atoms with E-state index in [2.05, 4.69) is 16.7 Å². The lowest BCUT2D eigenvalue weighted by atomic mass is 10.1. The molecule has 13 heavy (non-hydrogen) atoms. The fourth-order valence-corrected chi connectivity index (χ4v) is 1.26. The second-order valence-electron chi connectivity index (χ2n) is 3.19. The summed E-state index contributed by atoms with van der Waals surface area (Å²) in [6, 6.07) is 0. The van der Waals surface area contributed by atoms with Crippen molar-refractivity contribution in [2.24, 2.45) is 0 Å². The lowest BCUT2D eigenvalue weighted by Crippen LogP contribution is -2.43. The van der Waals surface area contributed by atoms with Crippen molar-refractivity contribution in [2.75, 3.05) is 26.7 Å². The lowest BCUT2D eigenvalue weighted by molar-refractivity contribution is -0.134. The summed E-state index contributed by atoms with van der Waals surface area (Å²) in [5.74, 6) is 5.57. The van der Waals surface area contributed by atoms with Crippen LogP contribution in [0.1, 0.15) is 13.3 Å². The Morgan fingerprint density at radius 2 is 2.46 bits per heavy atom. The van der Waals surface area contributed by atoms with Gasteiger partial charge >= 0.3 is 0 Å². The Morgan fingerprint density at radius 3 is 3.08 bits per heavy atom. The molecule has 1 rings (SSSR count). The van der Waals surface area contributed by atoms with Crippen molar-refractivity contribution in [2.45, 2.75) is 19.4 Å². The molecular weight excluding hydrogens is 166 g/mol. The van der Waals surface area contributed by atoms with Crippen LogP contribution in [0, 0.1) is 11.8 Å². The van der Waals surface area contributed by atoms with Crippen LogP contribution >= 0.6 is 0 Å². The first-order chi connectivity index (χ1) is 6.24. The maximum absolute atomic E-state index is 11.4. The number of likely N-dealkylation sites (N-methyl/N-ethyl adjacent to an activating group) is 1. The van der Waals surface area contributed by atoms with Gasteiger partial charge in [0.15, 0.2) is 5.78 Å². The van der Waals surface area contributed by atoms with Gasteiger partial charge in [-0.2, -0.15) is 0 Å². The smallest absolute Gasteiger partial charge is 0.174 e. The molecule has 0 N–H and O–H groups in total. The number of Topliss-reactive ketones (excluding diaryl/α,β-unsaturated/α-hetero) is 1. The number of hydrogen-bond acceptors (Lipinski definition) is 3. The van der Waals surface area contributed by atoms with Gasteiger partial charge < -0.3 is 9.64 Å². The largest absolute Gasteiger partial charge is 0.368 e. The van der Waals surface area contributed by atoms with Crippen molar-refractivity contribution < 1.29 is 9.53 Å². The molecule has 1 aliphatic rings. The zero-order chi connectivity index (χ0) is 9.68. The van der Waals surface area contributed by atoms with Crippen LogP contribution in [0.2, 0.25) is 0 Å². The predicted octanol–water partition coefficient (Wildman–Crippen LogP) is 0.300. The van der Waals surface area contributed by atoms with Gasteiger partial charge in [-0.1, -0.05) is 5.92 Å². The van der Waals surface area contributed by atoms with Crippen molar-refractivity contribution >= 4 is 5.78 Å². The molecule has 3 heteroatoms. The summed E-state index contributed by atoms with van der Waals surface area (Å²) in [6.07, 6.45) is 0.0502. The molecule has 3 nitrogen and oxygen atoms in total. The number of morpholine rings is 1. The quantitative estimate of drug-likeness (QED) is 0.574. The third kappa shape index (κ3) is 3.17. The third-order valence-electron chi connectivity index (χ3n) is 2.07. The van der Waals surface area contributed by atoms with E-state index in [9.17, 15) is 4.79 Å². The maximum atomic E-state index is 11.4. The zero-order valence-electron chi connectivity index (χ0n) is 8.17. The number of nitrogens with zero attached hydrogens (tertiary/aromatic N) is 1. The summed E-state index contributed by atoms with van der Waals surface area (Å²) >= 11 is 0. The first-order valence-corrected chi connectivity index (χ1v) is 4.46. The van der Waals surface area contributed by atoms with Crippen LogP contribution in [0.15, 0.2) is 0 Å². The topological polar surface area (TPSA) is 29.5 Å². The van der Waals surface area contributed by atoms with Crippen LogP contribution in [0.25, 0.3) is 0 Å². The van der Waals surface area contributed by atoms with Crippen LogP contribution < -0.4 is 0 Å². The average molecular weight is 181 g/mol. The highest BCUT2D eigenvalue weighted by molar-refractivity contribution is 5.85. The molecule has 0 aromatic heterocycles. The number of carbonyl (C=O) groups excluding carboxylic acids is 1. The first kappa shape index (κ1) is 10.2. The Bertz CT molecular complexity index is 239. The van der Waals surface area contributed by atoms with Crippen molar-refractivity contribution in [3.05, 3.63) is 0 Å². The van der Waals surface area contributed by atoms with E-state index in [0.29, 0.717) is 19.6 Å². The summed E-state index contributed by atoms with van der Waals surface area (Å²) < 4.78 is 5.35. The first-order valence-electron chi connectivity index (χ1n) is 4.46. The van der Waals surface area contributed by atoms with E-state index in [1.54, 1.807) is 6.92 Å². The van der Waals surface area contributed by atoms with Gasteiger partial charge in [-0.3, -0.25) is 4.79 Å². The fraction of sp³-hybridized carbons (Fsp3) is 0.700. The Hall–Kier alpha value is -0.850. The predicted molar refractivity (Wildman–Crippen MR) is 50.3 cm³/mol. The normalized spacial score (nSPS) is 23.4. The summed E-state index contributed by atoms with van der Waals surface area (Å²) in [7, 11) is 1.99. The highest BCUT2D eigenvalue weighted by Gasteiger charge is 2.23. The van der Waals surface area contributed by atoms with E-state index in [4.69, 9.17) is 4.74 Å². The summed E-state index contributed by atoms with van der Waals surface area (Å²) in [6.45, 7) is 3.99. The molecule has 0 amide bonds. The molecule has 72 valence electrons. The second-order valence-corrected chi connectivity index (χ2v) is 3.19. The van der Waals surface area contributed by atoms with Gasteiger partial charge in [0.05, 0.1) is 13.0 Å². The van der Waals surface area contributed by atoms with Crippen LogP contribution in [-0.2, 0) is 9.53 Å². The summed E-state index contributed by atoms with van der Waals surface area (Å²) in [5.41, 5.74) is 0. The van der Waals surface area contributed by atoms with E-state index in [0.717, 1.165) is 6.54 Å². The van der Waals surface area contributed by atoms with Gasteiger partial charge in [0.1, 0.15) is 6.10 Å². The molecule has 1 fully saturated rings. The minimum Gasteiger partial charge on any atom is -0.368 e. The van der Waals surface area contributed by atoms with Crippen LogP contribution in [0.3, 0.4) is 0 Å². The van der Waals surface area contributed by atoms with E-state index >= 15 is 0 Å². The van der Waals surface area contributed by atoms with Gasteiger partial charge in [-0.15, -0.1) is 5.92 Å². The van der Waals surface area contributed by atoms with E-state index < -0.39 is 0 Å². The standard InChI is InChI=1S/C10H15NO2/c1-3-4-5-9(12)10-8-11(2)6-7-13-10/h10H,5-8H2,1-2H3. The highest BCUT2D eigenvalue weighted by Crippen LogP contribution is 2.05. The van der Waals surface area contributed by atoms with Crippen molar-refractivity contribution in [3.8, 4) is 11.8 Å². The van der Waals surface area contributed by atoms with Crippen molar-refractivity contribution in [1.82, 2.24) is 4.90 Å². The third-order valence-corrected chi connectivity index (χ3v) is 2.07. The monoisotopic (exact) mass is 181 g/mol. The molecule has 0 aliphatic carbocycles. The molecule has 0 aromatic carbocycles. The molecular formula is C10H15NO2. The van der Waals surface area contributed by atoms with Gasteiger partial charge in [0.25, 0.3) is 0 Å². The maximum Gasteiger partial charge on any atom is 0.174 e. The molecule has 0 spiro atoms. The van der Waals surface area contributed by atoms with Crippen molar-refractivity contribution in [3.63, 3.8) is 0 Å². The van der Waals surface area contributed by atoms with Crippen LogP contribution in [0.5, 0.6) is 0 Å². The minimum absolute atomic E-state index is 0.0981. The van der Waals surface area contributed by atoms with E-state index in [1.165, 1.54) is 0 Å². The number of carbonyl (C=O) groups is 1. The molecule has 0 aromatic rings. The van der Waals surface area contributed by atoms with Crippen LogP contribution in [-0.4, -0.2) is 43.5 Å². The molecule has 1 atom stereocenters. The second kappa shape index (κ2) is 5.00. The van der Waals surface area contributed by atoms with Gasteiger partial charge in [-0.25, -0.2) is 0 Å². The molecule has 1 heterocycles. The Morgan fingerprint density at radius 1 is 1.69 bits per heavy atom. The SMILES string of the molecule is CC#CCC(=O)C1CN(C)CCO1. The van der Waals surface area contributed by atoms with E-state index in [-0.39, 0.29) is 11.9 Å². The van der Waals surface area contributed by atoms with E-state index in [1.807, 2.05) is 7.05 Å². The Kier molecular flexibility index (Phi) is 3.94. The molecule has 1 unspecified atom stereocenters. The van der Waals surface area contributed by atoms with Gasteiger partial charge in [0.2, 0.25) is 0 Å². The highest BCUT2D eigenvalue weighted by atomic mass is 16.5. The number of ether oxygens (including phenoxy) is 1. The average Bonchev–Trinajstić information content (AvgIpc) is 2.14. The van der Waals surface area contributed by atoms with Gasteiger partial charge in [0, 0.05) is 13.1 Å².